The van der Waals surface area contributed by atoms with Gasteiger partial charge in [0.25, 0.3) is 0 Å². The highest BCUT2D eigenvalue weighted by atomic mass is 32.2. The van der Waals surface area contributed by atoms with Crippen molar-refractivity contribution in [3.63, 3.8) is 0 Å². The molecule has 2 aromatic rings. The molecular formula is C18H26N6O3S. The molecule has 0 aliphatic carbocycles. The molecule has 0 amide bonds. The quantitative estimate of drug-likeness (QED) is 0.544. The Morgan fingerprint density at radius 3 is 2.75 bits per heavy atom. The van der Waals surface area contributed by atoms with Crippen molar-refractivity contribution in [2.75, 3.05) is 33.3 Å². The second-order valence-corrected chi connectivity index (χ2v) is 8.23. The summed E-state index contributed by atoms with van der Waals surface area (Å²) >= 11 is 0. The van der Waals surface area contributed by atoms with E-state index in [2.05, 4.69) is 20.3 Å². The van der Waals surface area contributed by atoms with Crippen LogP contribution in [0.5, 0.6) is 0 Å². The van der Waals surface area contributed by atoms with Crippen LogP contribution in [0.4, 0.5) is 0 Å². The smallest absolute Gasteiger partial charge is 0.238 e. The van der Waals surface area contributed by atoms with Crippen LogP contribution >= 0.6 is 0 Å². The average Bonchev–Trinajstić information content (AvgIpc) is 3.11. The average molecular weight is 407 g/mol. The Labute approximate surface area is 165 Å². The monoisotopic (exact) mass is 406 g/mol. The van der Waals surface area contributed by atoms with E-state index in [0.29, 0.717) is 19.7 Å². The van der Waals surface area contributed by atoms with Crippen LogP contribution in [0.2, 0.25) is 0 Å². The normalized spacial score (nSPS) is 18.3. The highest BCUT2D eigenvalue weighted by molar-refractivity contribution is 7.89. The molecular weight excluding hydrogens is 380 g/mol. The number of primary sulfonamides is 1. The second kappa shape index (κ2) is 8.72. The maximum absolute atomic E-state index is 11.3. The molecule has 0 spiro atoms. The molecule has 1 aromatic heterocycles. The molecule has 3 N–H and O–H groups in total. The molecule has 0 radical (unpaired) electrons. The SMILES string of the molecule is CN=C(NCCc1ccc(S(N)(=O)=O)cc1)N1CCOC(c2cnn(C)c2)C1. The van der Waals surface area contributed by atoms with Crippen LogP contribution in [-0.4, -0.2) is 62.3 Å². The summed E-state index contributed by atoms with van der Waals surface area (Å²) in [6.45, 7) is 2.76. The maximum Gasteiger partial charge on any atom is 0.238 e. The van der Waals surface area contributed by atoms with Gasteiger partial charge in [-0.3, -0.25) is 9.67 Å². The lowest BCUT2D eigenvalue weighted by atomic mass is 10.1. The Hall–Kier alpha value is -2.43. The van der Waals surface area contributed by atoms with Crippen LogP contribution in [0.3, 0.4) is 0 Å². The van der Waals surface area contributed by atoms with Crippen molar-refractivity contribution in [3.8, 4) is 0 Å². The summed E-state index contributed by atoms with van der Waals surface area (Å²) in [6.07, 6.45) is 4.50. The van der Waals surface area contributed by atoms with E-state index in [0.717, 1.165) is 30.1 Å². The van der Waals surface area contributed by atoms with Crippen LogP contribution in [0.15, 0.2) is 46.5 Å². The van der Waals surface area contributed by atoms with Crippen LogP contribution < -0.4 is 10.5 Å². The van der Waals surface area contributed by atoms with Crippen molar-refractivity contribution < 1.29 is 13.2 Å². The number of morpholine rings is 1. The third kappa shape index (κ3) is 5.09. The number of aryl methyl sites for hydroxylation is 1. The lowest BCUT2D eigenvalue weighted by molar-refractivity contribution is -0.00800. The van der Waals surface area contributed by atoms with E-state index in [1.54, 1.807) is 23.9 Å². The highest BCUT2D eigenvalue weighted by Gasteiger charge is 2.25. The molecule has 1 aliphatic heterocycles. The number of rotatable bonds is 5. The van der Waals surface area contributed by atoms with Gasteiger partial charge in [0.1, 0.15) is 6.10 Å². The zero-order valence-corrected chi connectivity index (χ0v) is 16.9. The molecule has 2 heterocycles. The van der Waals surface area contributed by atoms with Crippen molar-refractivity contribution in [1.29, 1.82) is 0 Å². The van der Waals surface area contributed by atoms with Crippen molar-refractivity contribution >= 4 is 16.0 Å². The van der Waals surface area contributed by atoms with Gasteiger partial charge in [-0.25, -0.2) is 13.6 Å². The topological polar surface area (TPSA) is 115 Å². The van der Waals surface area contributed by atoms with Gasteiger partial charge in [-0.05, 0) is 24.1 Å². The van der Waals surface area contributed by atoms with E-state index in [-0.39, 0.29) is 11.0 Å². The first-order chi connectivity index (χ1) is 13.4. The summed E-state index contributed by atoms with van der Waals surface area (Å²) in [4.78, 5) is 6.67. The first kappa shape index (κ1) is 20.3. The van der Waals surface area contributed by atoms with Crippen LogP contribution in [-0.2, 0) is 28.2 Å². The maximum atomic E-state index is 11.3. The second-order valence-electron chi connectivity index (χ2n) is 6.67. The Morgan fingerprint density at radius 2 is 2.14 bits per heavy atom. The number of aromatic nitrogens is 2. The van der Waals surface area contributed by atoms with Crippen LogP contribution in [0.25, 0.3) is 0 Å². The molecule has 1 atom stereocenters. The van der Waals surface area contributed by atoms with Gasteiger partial charge in [-0.15, -0.1) is 0 Å². The van der Waals surface area contributed by atoms with Gasteiger partial charge in [0, 0.05) is 38.9 Å². The molecule has 1 saturated heterocycles. The fourth-order valence-corrected chi connectivity index (χ4v) is 3.66. The van der Waals surface area contributed by atoms with Crippen molar-refractivity contribution in [1.82, 2.24) is 20.0 Å². The first-order valence-electron chi connectivity index (χ1n) is 9.04. The first-order valence-corrected chi connectivity index (χ1v) is 10.6. The van der Waals surface area contributed by atoms with Crippen molar-refractivity contribution in [2.24, 2.45) is 17.2 Å². The predicted octanol–water partition coefficient (Wildman–Crippen LogP) is 0.259. The molecule has 1 aromatic carbocycles. The number of hydrogen-bond acceptors (Lipinski definition) is 5. The van der Waals surface area contributed by atoms with Gasteiger partial charge in [0.05, 0.1) is 24.2 Å². The molecule has 0 bridgehead atoms. The van der Waals surface area contributed by atoms with E-state index < -0.39 is 10.0 Å². The summed E-state index contributed by atoms with van der Waals surface area (Å²) in [7, 11) is -0.00725. The molecule has 1 fully saturated rings. The van der Waals surface area contributed by atoms with Crippen molar-refractivity contribution in [3.05, 3.63) is 47.8 Å². The van der Waals surface area contributed by atoms with Crippen LogP contribution in [0, 0.1) is 0 Å². The van der Waals surface area contributed by atoms with E-state index in [4.69, 9.17) is 9.88 Å². The van der Waals surface area contributed by atoms with E-state index >= 15 is 0 Å². The van der Waals surface area contributed by atoms with Gasteiger partial charge >= 0.3 is 0 Å². The van der Waals surface area contributed by atoms with Gasteiger partial charge in [-0.2, -0.15) is 5.10 Å². The van der Waals surface area contributed by atoms with Gasteiger partial charge in [0.2, 0.25) is 10.0 Å². The predicted molar refractivity (Wildman–Crippen MR) is 106 cm³/mol. The van der Waals surface area contributed by atoms with E-state index in [9.17, 15) is 8.42 Å². The van der Waals surface area contributed by atoms with E-state index in [1.165, 1.54) is 12.1 Å². The zero-order valence-electron chi connectivity index (χ0n) is 16.1. The molecule has 3 rings (SSSR count). The van der Waals surface area contributed by atoms with E-state index in [1.807, 2.05) is 19.4 Å². The Kier molecular flexibility index (Phi) is 6.32. The number of nitrogens with zero attached hydrogens (tertiary/aromatic N) is 4. The minimum Gasteiger partial charge on any atom is -0.370 e. The number of ether oxygens (including phenoxy) is 1. The molecule has 28 heavy (non-hydrogen) atoms. The molecule has 0 saturated carbocycles. The number of nitrogens with one attached hydrogen (secondary N) is 1. The van der Waals surface area contributed by atoms with Gasteiger partial charge in [0.15, 0.2) is 5.96 Å². The van der Waals surface area contributed by atoms with Crippen LogP contribution in [0.1, 0.15) is 17.2 Å². The molecule has 152 valence electrons. The Bertz CT molecular complexity index is 923. The third-order valence-electron chi connectivity index (χ3n) is 4.62. The number of guanidine groups is 1. The summed E-state index contributed by atoms with van der Waals surface area (Å²) < 4.78 is 30.3. The largest absolute Gasteiger partial charge is 0.370 e. The minimum atomic E-state index is -3.66. The summed E-state index contributed by atoms with van der Waals surface area (Å²) in [6, 6.07) is 6.61. The Balaban J connectivity index is 1.54. The number of nitrogens with two attached hydrogens (primary N) is 1. The summed E-state index contributed by atoms with van der Waals surface area (Å²) in [5, 5.41) is 12.7. The number of benzene rings is 1. The molecule has 9 nitrogen and oxygen atoms in total. The fourth-order valence-electron chi connectivity index (χ4n) is 3.15. The highest BCUT2D eigenvalue weighted by Crippen LogP contribution is 2.21. The lowest BCUT2D eigenvalue weighted by Crippen LogP contribution is -2.48. The van der Waals surface area contributed by atoms with Gasteiger partial charge in [-0.1, -0.05) is 12.1 Å². The lowest BCUT2D eigenvalue weighted by Gasteiger charge is -2.34. The summed E-state index contributed by atoms with van der Waals surface area (Å²) in [5.74, 6) is 0.818. The number of aliphatic imine (C=N–C) groups is 1. The Morgan fingerprint density at radius 1 is 1.39 bits per heavy atom. The molecule has 1 unspecified atom stereocenters. The van der Waals surface area contributed by atoms with Crippen molar-refractivity contribution in [2.45, 2.75) is 17.4 Å². The number of hydrogen-bond donors (Lipinski definition) is 2. The summed E-state index contributed by atoms with van der Waals surface area (Å²) in [5.41, 5.74) is 2.07. The fraction of sp³-hybridized carbons (Fsp3) is 0.444. The standard InChI is InChI=1S/C18H26N6O3S/c1-20-18(21-8-7-14-3-5-16(6-4-14)28(19,25)26)24-9-10-27-17(13-24)15-11-22-23(2)12-15/h3-6,11-12,17H,7-10,13H2,1-2H3,(H,20,21)(H2,19,25,26). The minimum absolute atomic E-state index is 0.0354. The molecule has 10 heteroatoms. The van der Waals surface area contributed by atoms with Gasteiger partial charge < -0.3 is 15.0 Å². The third-order valence-corrected chi connectivity index (χ3v) is 5.55. The number of sulfonamides is 1. The molecule has 1 aliphatic rings. The zero-order chi connectivity index (χ0) is 20.1.